The summed E-state index contributed by atoms with van der Waals surface area (Å²) in [5, 5.41) is 10.2. The number of amides is 1. The van der Waals surface area contributed by atoms with Gasteiger partial charge in [0.2, 0.25) is 0 Å². The molecule has 0 aliphatic carbocycles. The SMILES string of the molecule is CN(CC(CCO)c1ccc(Cl)c(Cl)c1)C(=O)OC(C)(C)C. The Hall–Kier alpha value is -0.970. The van der Waals surface area contributed by atoms with Crippen molar-refractivity contribution < 1.29 is 14.6 Å². The number of nitrogens with zero attached hydrogens (tertiary/aromatic N) is 1. The van der Waals surface area contributed by atoms with Crippen molar-refractivity contribution in [2.45, 2.75) is 38.7 Å². The Kier molecular flexibility index (Phi) is 6.98. The highest BCUT2D eigenvalue weighted by atomic mass is 35.5. The average molecular weight is 348 g/mol. The molecule has 22 heavy (non-hydrogen) atoms. The van der Waals surface area contributed by atoms with E-state index in [1.165, 1.54) is 4.90 Å². The molecule has 6 heteroatoms. The molecule has 0 bridgehead atoms. The molecule has 1 aromatic carbocycles. The van der Waals surface area contributed by atoms with E-state index in [1.54, 1.807) is 19.2 Å². The van der Waals surface area contributed by atoms with E-state index in [-0.39, 0.29) is 12.5 Å². The lowest BCUT2D eigenvalue weighted by molar-refractivity contribution is 0.0284. The molecule has 0 saturated carbocycles. The summed E-state index contributed by atoms with van der Waals surface area (Å²) in [4.78, 5) is 13.6. The van der Waals surface area contributed by atoms with Crippen LogP contribution in [0.15, 0.2) is 18.2 Å². The molecule has 1 rings (SSSR count). The van der Waals surface area contributed by atoms with E-state index >= 15 is 0 Å². The summed E-state index contributed by atoms with van der Waals surface area (Å²) in [6, 6.07) is 5.35. The van der Waals surface area contributed by atoms with Crippen LogP contribution in [0.5, 0.6) is 0 Å². The first-order valence-corrected chi connectivity index (χ1v) is 7.89. The molecular formula is C16H23Cl2NO3. The Labute approximate surface area is 142 Å². The van der Waals surface area contributed by atoms with E-state index in [9.17, 15) is 9.90 Å². The number of carbonyl (C=O) groups excluding carboxylic acids is 1. The van der Waals surface area contributed by atoms with Gasteiger partial charge in [-0.15, -0.1) is 0 Å². The van der Waals surface area contributed by atoms with Crippen molar-refractivity contribution in [1.29, 1.82) is 0 Å². The summed E-state index contributed by atoms with van der Waals surface area (Å²) in [7, 11) is 1.68. The molecule has 0 aliphatic heterocycles. The topological polar surface area (TPSA) is 49.8 Å². The van der Waals surface area contributed by atoms with E-state index in [0.29, 0.717) is 23.0 Å². The zero-order valence-electron chi connectivity index (χ0n) is 13.4. The van der Waals surface area contributed by atoms with Gasteiger partial charge in [-0.25, -0.2) is 4.79 Å². The van der Waals surface area contributed by atoms with Crippen LogP contribution in [0.3, 0.4) is 0 Å². The maximum Gasteiger partial charge on any atom is 0.410 e. The fraction of sp³-hybridized carbons (Fsp3) is 0.562. The van der Waals surface area contributed by atoms with Crippen LogP contribution in [0, 0.1) is 0 Å². The van der Waals surface area contributed by atoms with Crippen molar-refractivity contribution in [3.05, 3.63) is 33.8 Å². The van der Waals surface area contributed by atoms with Crippen molar-refractivity contribution >= 4 is 29.3 Å². The molecule has 0 radical (unpaired) electrons. The zero-order chi connectivity index (χ0) is 16.9. The van der Waals surface area contributed by atoms with Gasteiger partial charge in [-0.3, -0.25) is 0 Å². The minimum Gasteiger partial charge on any atom is -0.444 e. The van der Waals surface area contributed by atoms with Crippen LogP contribution in [-0.2, 0) is 4.74 Å². The Morgan fingerprint density at radius 2 is 1.95 bits per heavy atom. The first-order chi connectivity index (χ1) is 10.1. The largest absolute Gasteiger partial charge is 0.444 e. The third-order valence-electron chi connectivity index (χ3n) is 3.09. The Morgan fingerprint density at radius 1 is 1.32 bits per heavy atom. The standard InChI is InChI=1S/C16H23Cl2NO3/c1-16(2,3)22-15(21)19(4)10-12(7-8-20)11-5-6-13(17)14(18)9-11/h5-6,9,12,20H,7-8,10H2,1-4H3. The molecule has 0 heterocycles. The van der Waals surface area contributed by atoms with Crippen molar-refractivity contribution in [3.63, 3.8) is 0 Å². The Morgan fingerprint density at radius 3 is 2.45 bits per heavy atom. The lowest BCUT2D eigenvalue weighted by Crippen LogP contribution is -2.36. The second-order valence-corrected chi connectivity index (χ2v) is 7.06. The number of hydrogen-bond donors (Lipinski definition) is 1. The quantitative estimate of drug-likeness (QED) is 0.862. The minimum atomic E-state index is -0.540. The molecule has 0 spiro atoms. The summed E-state index contributed by atoms with van der Waals surface area (Å²) in [5.41, 5.74) is 0.389. The second kappa shape index (κ2) is 8.04. The first kappa shape index (κ1) is 19.1. The van der Waals surface area contributed by atoms with Crippen LogP contribution in [0.25, 0.3) is 0 Å². The van der Waals surface area contributed by atoms with Gasteiger partial charge in [0.05, 0.1) is 10.0 Å². The predicted molar refractivity (Wildman–Crippen MR) is 89.8 cm³/mol. The number of hydrogen-bond acceptors (Lipinski definition) is 3. The van der Waals surface area contributed by atoms with Crippen LogP contribution in [0.1, 0.15) is 38.7 Å². The number of rotatable bonds is 5. The van der Waals surface area contributed by atoms with Gasteiger partial charge < -0.3 is 14.7 Å². The summed E-state index contributed by atoms with van der Waals surface area (Å²) in [6.07, 6.45) is 0.126. The van der Waals surface area contributed by atoms with E-state index in [0.717, 1.165) is 5.56 Å². The third kappa shape index (κ3) is 6.03. The molecule has 0 aromatic heterocycles. The second-order valence-electron chi connectivity index (χ2n) is 6.24. The Bertz CT molecular complexity index is 515. The summed E-state index contributed by atoms with van der Waals surface area (Å²) < 4.78 is 5.33. The van der Waals surface area contributed by atoms with E-state index in [4.69, 9.17) is 27.9 Å². The fourth-order valence-electron chi connectivity index (χ4n) is 2.03. The van der Waals surface area contributed by atoms with Crippen LogP contribution in [-0.4, -0.2) is 41.9 Å². The molecule has 0 aliphatic rings. The van der Waals surface area contributed by atoms with Crippen molar-refractivity contribution in [2.24, 2.45) is 0 Å². The smallest absolute Gasteiger partial charge is 0.410 e. The monoisotopic (exact) mass is 347 g/mol. The van der Waals surface area contributed by atoms with Crippen LogP contribution < -0.4 is 0 Å². The number of aliphatic hydroxyl groups is 1. The van der Waals surface area contributed by atoms with Gasteiger partial charge in [0.25, 0.3) is 0 Å². The van der Waals surface area contributed by atoms with E-state index in [1.807, 2.05) is 26.8 Å². The number of carbonyl (C=O) groups is 1. The number of aliphatic hydroxyl groups excluding tert-OH is 1. The lowest BCUT2D eigenvalue weighted by atomic mass is 9.95. The number of benzene rings is 1. The van der Waals surface area contributed by atoms with Crippen LogP contribution >= 0.6 is 23.2 Å². The lowest BCUT2D eigenvalue weighted by Gasteiger charge is -2.27. The maximum absolute atomic E-state index is 12.0. The molecule has 1 amide bonds. The van der Waals surface area contributed by atoms with E-state index in [2.05, 4.69) is 0 Å². The average Bonchev–Trinajstić information content (AvgIpc) is 2.39. The predicted octanol–water partition coefficient (Wildman–Crippen LogP) is 4.33. The van der Waals surface area contributed by atoms with Crippen LogP contribution in [0.4, 0.5) is 4.79 Å². The molecule has 1 atom stereocenters. The normalized spacial score (nSPS) is 12.9. The highest BCUT2D eigenvalue weighted by Gasteiger charge is 2.23. The molecule has 124 valence electrons. The number of likely N-dealkylation sites (N-methyl/N-ethyl adjacent to an activating group) is 1. The molecule has 1 aromatic rings. The minimum absolute atomic E-state index is 0.0209. The number of ether oxygens (including phenoxy) is 1. The molecule has 1 N–H and O–H groups in total. The van der Waals surface area contributed by atoms with Gasteiger partial charge in [0, 0.05) is 26.1 Å². The van der Waals surface area contributed by atoms with Gasteiger partial charge in [-0.05, 0) is 44.9 Å². The first-order valence-electron chi connectivity index (χ1n) is 7.14. The fourth-order valence-corrected chi connectivity index (χ4v) is 2.34. The molecule has 0 saturated heterocycles. The van der Waals surface area contributed by atoms with E-state index < -0.39 is 11.7 Å². The number of halogens is 2. The van der Waals surface area contributed by atoms with Gasteiger partial charge in [-0.2, -0.15) is 0 Å². The molecule has 1 unspecified atom stereocenters. The molecular weight excluding hydrogens is 325 g/mol. The zero-order valence-corrected chi connectivity index (χ0v) is 14.9. The van der Waals surface area contributed by atoms with Crippen molar-refractivity contribution in [3.8, 4) is 0 Å². The summed E-state index contributed by atoms with van der Waals surface area (Å²) in [5.74, 6) is -0.0442. The summed E-state index contributed by atoms with van der Waals surface area (Å²) in [6.45, 7) is 5.91. The summed E-state index contributed by atoms with van der Waals surface area (Å²) >= 11 is 12.0. The Balaban J connectivity index is 2.83. The third-order valence-corrected chi connectivity index (χ3v) is 3.83. The molecule has 4 nitrogen and oxygen atoms in total. The molecule has 0 fully saturated rings. The van der Waals surface area contributed by atoms with Gasteiger partial charge >= 0.3 is 6.09 Å². The van der Waals surface area contributed by atoms with Crippen molar-refractivity contribution in [1.82, 2.24) is 4.90 Å². The maximum atomic E-state index is 12.0. The highest BCUT2D eigenvalue weighted by Crippen LogP contribution is 2.28. The van der Waals surface area contributed by atoms with Gasteiger partial charge in [-0.1, -0.05) is 29.3 Å². The van der Waals surface area contributed by atoms with Gasteiger partial charge in [0.1, 0.15) is 5.60 Å². The van der Waals surface area contributed by atoms with Crippen LogP contribution in [0.2, 0.25) is 10.0 Å². The van der Waals surface area contributed by atoms with Crippen molar-refractivity contribution in [2.75, 3.05) is 20.2 Å². The highest BCUT2D eigenvalue weighted by molar-refractivity contribution is 6.42. The van der Waals surface area contributed by atoms with Gasteiger partial charge in [0.15, 0.2) is 0 Å².